The average Bonchev–Trinajstić information content (AvgIpc) is 2.89. The Bertz CT molecular complexity index is 1310. The minimum atomic E-state index is -0.452. The maximum Gasteiger partial charge on any atom is 0.178 e. The van der Waals surface area contributed by atoms with Crippen LogP contribution in [0.1, 0.15) is 38.1 Å². The van der Waals surface area contributed by atoms with Gasteiger partial charge in [0, 0.05) is 43.4 Å². The van der Waals surface area contributed by atoms with E-state index < -0.39 is 5.82 Å². The van der Waals surface area contributed by atoms with Gasteiger partial charge in [-0.2, -0.15) is 0 Å². The van der Waals surface area contributed by atoms with Gasteiger partial charge in [-0.3, -0.25) is 0 Å². The summed E-state index contributed by atoms with van der Waals surface area (Å²) in [6, 6.07) is 9.30. The second kappa shape index (κ2) is 11.0. The fraction of sp³-hybridized carbons (Fsp3) is 0.448. The van der Waals surface area contributed by atoms with E-state index in [4.69, 9.17) is 16.3 Å². The van der Waals surface area contributed by atoms with Crippen molar-refractivity contribution in [2.45, 2.75) is 45.2 Å². The Hall–Kier alpha value is -2.97. The maximum atomic E-state index is 15.1. The molecular weight excluding hydrogens is 508 g/mol. The molecule has 9 heteroatoms. The van der Waals surface area contributed by atoms with Gasteiger partial charge in [0.15, 0.2) is 11.6 Å². The number of benzene rings is 2. The lowest BCUT2D eigenvalue weighted by Gasteiger charge is -2.36. The van der Waals surface area contributed by atoms with E-state index in [0.29, 0.717) is 59.1 Å². The first-order valence-corrected chi connectivity index (χ1v) is 13.5. The number of halogens is 3. The lowest BCUT2D eigenvalue weighted by molar-refractivity contribution is 0.249. The number of rotatable bonds is 6. The van der Waals surface area contributed by atoms with Crippen LogP contribution in [-0.4, -0.2) is 67.3 Å². The second-order valence-corrected chi connectivity index (χ2v) is 11.0. The number of nitrogens with zero attached hydrogens (tertiary/aromatic N) is 5. The average molecular weight is 542 g/mol. The Balaban J connectivity index is 1.38. The molecule has 3 aromatic rings. The highest BCUT2D eigenvalue weighted by Crippen LogP contribution is 2.40. The number of anilines is 2. The molecule has 1 saturated heterocycles. The highest BCUT2D eigenvalue weighted by atomic mass is 35.5. The van der Waals surface area contributed by atoms with Crippen LogP contribution >= 0.6 is 11.6 Å². The van der Waals surface area contributed by atoms with Crippen molar-refractivity contribution in [3.8, 4) is 17.0 Å². The monoisotopic (exact) mass is 541 g/mol. The van der Waals surface area contributed by atoms with Gasteiger partial charge in [-0.1, -0.05) is 17.7 Å². The molecule has 6 nitrogen and oxygen atoms in total. The zero-order chi connectivity index (χ0) is 27.0. The Labute approximate surface area is 228 Å². The molecule has 202 valence electrons. The topological polar surface area (TPSA) is 44.7 Å². The highest BCUT2D eigenvalue weighted by Gasteiger charge is 2.26. The molecule has 2 aliphatic heterocycles. The van der Waals surface area contributed by atoms with Crippen molar-refractivity contribution in [2.24, 2.45) is 0 Å². The molecule has 2 aliphatic rings. The number of piperidine rings is 1. The first kappa shape index (κ1) is 26.6. The minimum absolute atomic E-state index is 0.181. The van der Waals surface area contributed by atoms with Gasteiger partial charge < -0.3 is 19.4 Å². The summed E-state index contributed by atoms with van der Waals surface area (Å²) in [6.07, 6.45) is 3.88. The molecule has 0 radical (unpaired) electrons. The van der Waals surface area contributed by atoms with E-state index in [-0.39, 0.29) is 17.6 Å². The highest BCUT2D eigenvalue weighted by molar-refractivity contribution is 6.32. The van der Waals surface area contributed by atoms with Crippen LogP contribution in [0.5, 0.6) is 5.75 Å². The molecule has 0 bridgehead atoms. The number of fused-ring (bicyclic) bond motifs is 1. The van der Waals surface area contributed by atoms with E-state index in [1.807, 2.05) is 18.2 Å². The van der Waals surface area contributed by atoms with Crippen molar-refractivity contribution >= 4 is 23.0 Å². The first-order chi connectivity index (χ1) is 18.2. The summed E-state index contributed by atoms with van der Waals surface area (Å²) < 4.78 is 35.8. The fourth-order valence-electron chi connectivity index (χ4n) is 5.39. The number of hydrogen-bond donors (Lipinski definition) is 0. The summed E-state index contributed by atoms with van der Waals surface area (Å²) in [5.41, 5.74) is 3.07. The van der Waals surface area contributed by atoms with Gasteiger partial charge in [-0.25, -0.2) is 18.7 Å². The van der Waals surface area contributed by atoms with Crippen LogP contribution in [0, 0.1) is 11.6 Å². The molecule has 1 fully saturated rings. The quantitative estimate of drug-likeness (QED) is 0.393. The van der Waals surface area contributed by atoms with Crippen molar-refractivity contribution in [2.75, 3.05) is 50.1 Å². The molecule has 0 unspecified atom stereocenters. The van der Waals surface area contributed by atoms with Gasteiger partial charge in [0.1, 0.15) is 18.2 Å². The standard InChI is InChI=1S/C29H34ClF2N5O/c1-18(2)37-11-12-38-29-24(32)15-20(16-26(29)37)28-22(30)17-33-27(34-28)14-19-5-6-25(23(31)13-19)36-9-7-21(8-10-36)35(3)4/h5-6,13,15-18,21H,7-12,14H2,1-4H3. The minimum Gasteiger partial charge on any atom is -0.486 e. The molecule has 0 atom stereocenters. The SMILES string of the molecule is CC(C)N1CCOc2c(F)cc(-c3nc(Cc4ccc(N5CCC(N(C)C)CC5)c(F)c4)ncc3Cl)cc21. The number of hydrogen-bond acceptors (Lipinski definition) is 6. The van der Waals surface area contributed by atoms with Gasteiger partial charge in [0.2, 0.25) is 0 Å². The second-order valence-electron chi connectivity index (χ2n) is 10.6. The van der Waals surface area contributed by atoms with E-state index in [2.05, 4.69) is 52.6 Å². The van der Waals surface area contributed by atoms with E-state index in [9.17, 15) is 0 Å². The summed E-state index contributed by atoms with van der Waals surface area (Å²) in [6.45, 7) is 6.89. The van der Waals surface area contributed by atoms with Crippen molar-refractivity contribution < 1.29 is 13.5 Å². The van der Waals surface area contributed by atoms with Crippen LogP contribution in [0.25, 0.3) is 11.3 Å². The summed E-state index contributed by atoms with van der Waals surface area (Å²) in [7, 11) is 4.19. The van der Waals surface area contributed by atoms with Gasteiger partial charge in [0.05, 0.1) is 28.6 Å². The van der Waals surface area contributed by atoms with Crippen molar-refractivity contribution in [3.05, 3.63) is 64.6 Å². The molecule has 3 heterocycles. The van der Waals surface area contributed by atoms with Gasteiger partial charge in [-0.05, 0) is 70.6 Å². The Morgan fingerprint density at radius 2 is 1.82 bits per heavy atom. The summed E-state index contributed by atoms with van der Waals surface area (Å²) in [5.74, 6) is 0.0379. The number of aromatic nitrogens is 2. The van der Waals surface area contributed by atoms with Crippen LogP contribution in [-0.2, 0) is 6.42 Å². The molecule has 0 saturated carbocycles. The third kappa shape index (κ3) is 5.43. The Morgan fingerprint density at radius 1 is 1.05 bits per heavy atom. The molecule has 0 aliphatic carbocycles. The van der Waals surface area contributed by atoms with Gasteiger partial charge in [0.25, 0.3) is 0 Å². The third-order valence-electron chi connectivity index (χ3n) is 7.51. The lowest BCUT2D eigenvalue weighted by atomic mass is 10.0. The van der Waals surface area contributed by atoms with E-state index in [1.54, 1.807) is 6.07 Å². The summed E-state index contributed by atoms with van der Waals surface area (Å²) >= 11 is 6.47. The molecular formula is C29H34ClF2N5O. The predicted molar refractivity (Wildman–Crippen MR) is 149 cm³/mol. The molecule has 0 spiro atoms. The zero-order valence-corrected chi connectivity index (χ0v) is 23.1. The molecule has 0 N–H and O–H groups in total. The van der Waals surface area contributed by atoms with Crippen LogP contribution in [0.15, 0.2) is 36.5 Å². The Kier molecular flexibility index (Phi) is 7.73. The molecule has 38 heavy (non-hydrogen) atoms. The van der Waals surface area contributed by atoms with E-state index >= 15 is 8.78 Å². The normalized spacial score (nSPS) is 16.2. The van der Waals surface area contributed by atoms with Crippen LogP contribution in [0.4, 0.5) is 20.2 Å². The van der Waals surface area contributed by atoms with Crippen LogP contribution < -0.4 is 14.5 Å². The van der Waals surface area contributed by atoms with Crippen molar-refractivity contribution in [1.82, 2.24) is 14.9 Å². The molecule has 5 rings (SSSR count). The Morgan fingerprint density at radius 3 is 2.50 bits per heavy atom. The van der Waals surface area contributed by atoms with E-state index in [1.165, 1.54) is 12.3 Å². The summed E-state index contributed by atoms with van der Waals surface area (Å²) in [5, 5.41) is 0.323. The zero-order valence-electron chi connectivity index (χ0n) is 22.3. The molecule has 1 aromatic heterocycles. The predicted octanol–water partition coefficient (Wildman–Crippen LogP) is 5.80. The van der Waals surface area contributed by atoms with Crippen molar-refractivity contribution in [1.29, 1.82) is 0 Å². The maximum absolute atomic E-state index is 15.1. The van der Waals surface area contributed by atoms with Crippen LogP contribution in [0.3, 0.4) is 0 Å². The third-order valence-corrected chi connectivity index (χ3v) is 7.79. The largest absolute Gasteiger partial charge is 0.486 e. The smallest absolute Gasteiger partial charge is 0.178 e. The fourth-order valence-corrected chi connectivity index (χ4v) is 5.59. The first-order valence-electron chi connectivity index (χ1n) is 13.2. The van der Waals surface area contributed by atoms with Gasteiger partial charge in [-0.15, -0.1) is 0 Å². The number of ether oxygens (including phenoxy) is 1. The van der Waals surface area contributed by atoms with Crippen LogP contribution in [0.2, 0.25) is 5.02 Å². The summed E-state index contributed by atoms with van der Waals surface area (Å²) in [4.78, 5) is 15.5. The lowest BCUT2D eigenvalue weighted by Crippen LogP contribution is -2.42. The van der Waals surface area contributed by atoms with Gasteiger partial charge >= 0.3 is 0 Å². The molecule has 0 amide bonds. The van der Waals surface area contributed by atoms with Crippen molar-refractivity contribution in [3.63, 3.8) is 0 Å². The molecule has 2 aromatic carbocycles. The van der Waals surface area contributed by atoms with E-state index in [0.717, 1.165) is 31.5 Å².